The maximum atomic E-state index is 10.6. The van der Waals surface area contributed by atoms with E-state index in [-0.39, 0.29) is 0 Å². The normalized spacial score (nSPS) is 8.40. The van der Waals surface area contributed by atoms with Crippen LogP contribution in [-0.4, -0.2) is 13.2 Å². The molecule has 0 unspecified atom stereocenters. The zero-order valence-corrected chi connectivity index (χ0v) is 6.82. The number of hydrogen-bond acceptors (Lipinski definition) is 2. The molecule has 0 spiro atoms. The molecule has 0 aliphatic rings. The number of carbonyl (C=O) groups excluding carboxylic acids is 1. The highest BCUT2D eigenvalue weighted by Gasteiger charge is 1.98. The maximum Gasteiger partial charge on any atom is 0.411 e. The molecule has 1 N–H and O–H groups in total. The van der Waals surface area contributed by atoms with Crippen LogP contribution in [0.2, 0.25) is 0 Å². The fourth-order valence-electron chi connectivity index (χ4n) is 0.329. The van der Waals surface area contributed by atoms with Crippen LogP contribution in [0.15, 0.2) is 11.3 Å². The van der Waals surface area contributed by atoms with Gasteiger partial charge in [-0.15, -0.1) is 0 Å². The van der Waals surface area contributed by atoms with Gasteiger partial charge in [0.15, 0.2) is 0 Å². The number of amides is 1. The Bertz CT molecular complexity index is 157. The molecule has 0 heterocycles. The topological polar surface area (TPSA) is 38.3 Å². The first-order valence-corrected chi connectivity index (χ1v) is 3.07. The van der Waals surface area contributed by atoms with Gasteiger partial charge < -0.3 is 4.74 Å². The van der Waals surface area contributed by atoms with Crippen LogP contribution < -0.4 is 5.32 Å². The molecule has 0 saturated heterocycles. The van der Waals surface area contributed by atoms with E-state index in [1.807, 2.05) is 20.8 Å². The summed E-state index contributed by atoms with van der Waals surface area (Å²) in [5.74, 6) is 0. The molecule has 0 aromatic rings. The Morgan fingerprint density at radius 3 is 2.10 bits per heavy atom. The van der Waals surface area contributed by atoms with Crippen LogP contribution in [0.4, 0.5) is 4.79 Å². The van der Waals surface area contributed by atoms with Gasteiger partial charge in [-0.3, -0.25) is 5.32 Å². The predicted molar refractivity (Wildman–Crippen MR) is 39.6 cm³/mol. The molecule has 3 heteroatoms. The monoisotopic (exact) mass is 143 g/mol. The second kappa shape index (κ2) is 3.93. The van der Waals surface area contributed by atoms with Gasteiger partial charge in [-0.1, -0.05) is 5.57 Å². The summed E-state index contributed by atoms with van der Waals surface area (Å²) in [7, 11) is 1.34. The number of carbonyl (C=O) groups is 1. The zero-order chi connectivity index (χ0) is 8.15. The highest BCUT2D eigenvalue weighted by Crippen LogP contribution is 1.96. The van der Waals surface area contributed by atoms with E-state index < -0.39 is 6.09 Å². The van der Waals surface area contributed by atoms with Crippen molar-refractivity contribution in [2.75, 3.05) is 7.11 Å². The molecular weight excluding hydrogens is 130 g/mol. The lowest BCUT2D eigenvalue weighted by Crippen LogP contribution is -2.21. The van der Waals surface area contributed by atoms with Crippen LogP contribution in [0.3, 0.4) is 0 Å². The van der Waals surface area contributed by atoms with Crippen molar-refractivity contribution in [3.8, 4) is 0 Å². The first-order chi connectivity index (χ1) is 4.57. The smallest absolute Gasteiger partial charge is 0.411 e. The molecule has 10 heavy (non-hydrogen) atoms. The Morgan fingerprint density at radius 1 is 1.30 bits per heavy atom. The van der Waals surface area contributed by atoms with Crippen molar-refractivity contribution in [1.29, 1.82) is 0 Å². The van der Waals surface area contributed by atoms with Gasteiger partial charge in [-0.2, -0.15) is 0 Å². The third-order valence-corrected chi connectivity index (χ3v) is 1.22. The van der Waals surface area contributed by atoms with Gasteiger partial charge in [0.25, 0.3) is 0 Å². The van der Waals surface area contributed by atoms with Gasteiger partial charge in [0.2, 0.25) is 0 Å². The van der Waals surface area contributed by atoms with Gasteiger partial charge >= 0.3 is 6.09 Å². The molecule has 0 aliphatic heterocycles. The van der Waals surface area contributed by atoms with E-state index in [0.717, 1.165) is 11.3 Å². The van der Waals surface area contributed by atoms with Crippen LogP contribution in [0.1, 0.15) is 20.8 Å². The van der Waals surface area contributed by atoms with Crippen molar-refractivity contribution in [2.45, 2.75) is 20.8 Å². The average Bonchev–Trinajstić information content (AvgIpc) is 1.87. The largest absolute Gasteiger partial charge is 0.453 e. The second-order valence-corrected chi connectivity index (χ2v) is 2.24. The first kappa shape index (κ1) is 9.01. The number of allylic oxidation sites excluding steroid dienone is 2. The molecule has 0 radical (unpaired) electrons. The molecule has 0 aromatic heterocycles. The van der Waals surface area contributed by atoms with Crippen molar-refractivity contribution < 1.29 is 9.53 Å². The number of nitrogens with one attached hydrogen (secondary N) is 1. The third kappa shape index (κ3) is 3.12. The van der Waals surface area contributed by atoms with Crippen molar-refractivity contribution in [2.24, 2.45) is 0 Å². The van der Waals surface area contributed by atoms with E-state index in [1.165, 1.54) is 7.11 Å². The van der Waals surface area contributed by atoms with Gasteiger partial charge in [0.05, 0.1) is 7.11 Å². The highest BCUT2D eigenvalue weighted by atomic mass is 16.5. The van der Waals surface area contributed by atoms with Gasteiger partial charge in [0, 0.05) is 5.70 Å². The van der Waals surface area contributed by atoms with Crippen LogP contribution in [0, 0.1) is 0 Å². The van der Waals surface area contributed by atoms with Crippen molar-refractivity contribution >= 4 is 6.09 Å². The number of alkyl carbamates (subject to hydrolysis) is 1. The molecule has 0 atom stereocenters. The molecule has 0 fully saturated rings. The Hall–Kier alpha value is -0.990. The summed E-state index contributed by atoms with van der Waals surface area (Å²) in [6.07, 6.45) is -0.418. The second-order valence-electron chi connectivity index (χ2n) is 2.24. The fourth-order valence-corrected chi connectivity index (χ4v) is 0.329. The lowest BCUT2D eigenvalue weighted by Gasteiger charge is -2.04. The molecule has 58 valence electrons. The van der Waals surface area contributed by atoms with Crippen molar-refractivity contribution in [3.05, 3.63) is 11.3 Å². The van der Waals surface area contributed by atoms with Gasteiger partial charge in [-0.05, 0) is 20.8 Å². The minimum Gasteiger partial charge on any atom is -0.453 e. The van der Waals surface area contributed by atoms with Crippen LogP contribution >= 0.6 is 0 Å². The molecule has 1 amide bonds. The van der Waals surface area contributed by atoms with Crippen LogP contribution in [0.5, 0.6) is 0 Å². The van der Waals surface area contributed by atoms with E-state index in [4.69, 9.17) is 0 Å². The van der Waals surface area contributed by atoms with E-state index >= 15 is 0 Å². The molecule has 0 saturated carbocycles. The van der Waals surface area contributed by atoms with Gasteiger partial charge in [-0.25, -0.2) is 4.79 Å². The van der Waals surface area contributed by atoms with E-state index in [1.54, 1.807) is 0 Å². The summed E-state index contributed by atoms with van der Waals surface area (Å²) < 4.78 is 4.39. The fraction of sp³-hybridized carbons (Fsp3) is 0.571. The molecule has 0 aromatic carbocycles. The minimum absolute atomic E-state index is 0.418. The summed E-state index contributed by atoms with van der Waals surface area (Å²) in [4.78, 5) is 10.6. The first-order valence-electron chi connectivity index (χ1n) is 3.07. The van der Waals surface area contributed by atoms with Crippen LogP contribution in [-0.2, 0) is 4.74 Å². The third-order valence-electron chi connectivity index (χ3n) is 1.22. The lowest BCUT2D eigenvalue weighted by molar-refractivity contribution is 0.174. The Morgan fingerprint density at radius 2 is 1.80 bits per heavy atom. The number of methoxy groups -OCH3 is 1. The molecular formula is C7H13NO2. The number of rotatable bonds is 1. The van der Waals surface area contributed by atoms with Crippen molar-refractivity contribution in [1.82, 2.24) is 5.32 Å². The summed E-state index contributed by atoms with van der Waals surface area (Å²) in [5, 5.41) is 2.55. The summed E-state index contributed by atoms with van der Waals surface area (Å²) >= 11 is 0. The van der Waals surface area contributed by atoms with Crippen LogP contribution in [0.25, 0.3) is 0 Å². The number of ether oxygens (including phenoxy) is 1. The van der Waals surface area contributed by atoms with Crippen molar-refractivity contribution in [3.63, 3.8) is 0 Å². The lowest BCUT2D eigenvalue weighted by atomic mass is 10.3. The number of hydrogen-bond donors (Lipinski definition) is 1. The average molecular weight is 143 g/mol. The Labute approximate surface area is 61.1 Å². The zero-order valence-electron chi connectivity index (χ0n) is 6.82. The van der Waals surface area contributed by atoms with E-state index in [2.05, 4.69) is 10.1 Å². The molecule has 0 rings (SSSR count). The Balaban J connectivity index is 3.92. The van der Waals surface area contributed by atoms with E-state index in [0.29, 0.717) is 0 Å². The van der Waals surface area contributed by atoms with Gasteiger partial charge in [0.1, 0.15) is 0 Å². The predicted octanol–water partition coefficient (Wildman–Crippen LogP) is 1.66. The summed E-state index contributed by atoms with van der Waals surface area (Å²) in [5.41, 5.74) is 1.91. The summed E-state index contributed by atoms with van der Waals surface area (Å²) in [6, 6.07) is 0. The summed E-state index contributed by atoms with van der Waals surface area (Å²) in [6.45, 7) is 5.67. The Kier molecular flexibility index (Phi) is 3.54. The highest BCUT2D eigenvalue weighted by molar-refractivity contribution is 5.69. The maximum absolute atomic E-state index is 10.6. The standard InChI is InChI=1S/C7H13NO2/c1-5(2)6(3)8-7(9)10-4/h1-4H3,(H,8,9). The molecule has 0 aliphatic carbocycles. The minimum atomic E-state index is -0.418. The van der Waals surface area contributed by atoms with E-state index in [9.17, 15) is 4.79 Å². The molecule has 3 nitrogen and oxygen atoms in total. The quantitative estimate of drug-likeness (QED) is 0.606. The molecule has 0 bridgehead atoms. The SMILES string of the molecule is COC(=O)NC(C)=C(C)C.